The van der Waals surface area contributed by atoms with E-state index in [1.54, 1.807) is 0 Å². The molecule has 2 aromatic carbocycles. The van der Waals surface area contributed by atoms with Gasteiger partial charge in [0.15, 0.2) is 5.54 Å². The van der Waals surface area contributed by atoms with Gasteiger partial charge in [0, 0.05) is 24.3 Å². The van der Waals surface area contributed by atoms with Gasteiger partial charge in [0.2, 0.25) is 0 Å². The van der Waals surface area contributed by atoms with Crippen LogP contribution in [0.2, 0.25) is 0 Å². The summed E-state index contributed by atoms with van der Waals surface area (Å²) >= 11 is 0. The smallest absolute Gasteiger partial charge is 0.316 e. The number of nitro benzene ring substituents is 2. The number of nitrogens with one attached hydrogen (secondary N) is 2. The molecule has 3 amide bonds. The summed E-state index contributed by atoms with van der Waals surface area (Å²) in [5, 5.41) is 26.6. The monoisotopic (exact) mass is 342 g/mol. The molecule has 1 fully saturated rings. The maximum atomic E-state index is 12.5. The molecular weight excluding hydrogens is 332 g/mol. The van der Waals surface area contributed by atoms with Crippen molar-refractivity contribution in [3.05, 3.63) is 79.9 Å². The van der Waals surface area contributed by atoms with Gasteiger partial charge in [-0.05, 0) is 11.1 Å². The van der Waals surface area contributed by atoms with Gasteiger partial charge in [-0.25, -0.2) is 4.79 Å². The number of hydrogen-bond donors (Lipinski definition) is 2. The average Bonchev–Trinajstić information content (AvgIpc) is 2.90. The maximum Gasteiger partial charge on any atom is 0.322 e. The fourth-order valence-electron chi connectivity index (χ4n) is 2.73. The molecule has 0 aliphatic carbocycles. The van der Waals surface area contributed by atoms with Gasteiger partial charge < -0.3 is 5.32 Å². The second-order valence-corrected chi connectivity index (χ2v) is 5.27. The largest absolute Gasteiger partial charge is 0.322 e. The molecule has 0 saturated carbocycles. The van der Waals surface area contributed by atoms with Crippen molar-refractivity contribution in [1.82, 2.24) is 10.6 Å². The first-order valence-corrected chi connectivity index (χ1v) is 6.98. The number of carbonyl (C=O) groups excluding carboxylic acids is 2. The van der Waals surface area contributed by atoms with Gasteiger partial charge in [0.05, 0.1) is 9.85 Å². The van der Waals surface area contributed by atoms with Gasteiger partial charge in [0.25, 0.3) is 17.3 Å². The summed E-state index contributed by atoms with van der Waals surface area (Å²) in [5.74, 6) is -0.779. The van der Waals surface area contributed by atoms with Crippen molar-refractivity contribution in [2.45, 2.75) is 5.54 Å². The average molecular weight is 342 g/mol. The first-order chi connectivity index (χ1) is 11.8. The van der Waals surface area contributed by atoms with Crippen LogP contribution in [0.25, 0.3) is 0 Å². The lowest BCUT2D eigenvalue weighted by Gasteiger charge is -2.26. The first kappa shape index (κ1) is 16.1. The lowest BCUT2D eigenvalue weighted by Crippen LogP contribution is -2.44. The lowest BCUT2D eigenvalue weighted by atomic mass is 9.82. The van der Waals surface area contributed by atoms with E-state index in [0.717, 1.165) is 12.1 Å². The van der Waals surface area contributed by atoms with Crippen LogP contribution in [0.15, 0.2) is 48.5 Å². The van der Waals surface area contributed by atoms with E-state index in [1.165, 1.54) is 36.4 Å². The lowest BCUT2D eigenvalue weighted by molar-refractivity contribution is -0.385. The van der Waals surface area contributed by atoms with E-state index in [0.29, 0.717) is 0 Å². The van der Waals surface area contributed by atoms with Crippen LogP contribution < -0.4 is 10.6 Å². The molecule has 25 heavy (non-hydrogen) atoms. The molecule has 10 heteroatoms. The van der Waals surface area contributed by atoms with E-state index in [1.807, 2.05) is 0 Å². The van der Waals surface area contributed by atoms with Crippen molar-refractivity contribution in [2.75, 3.05) is 0 Å². The van der Waals surface area contributed by atoms with Crippen molar-refractivity contribution in [3.8, 4) is 0 Å². The Hall–Kier alpha value is -3.82. The molecule has 2 N–H and O–H groups in total. The van der Waals surface area contributed by atoms with Crippen LogP contribution >= 0.6 is 0 Å². The number of non-ortho nitro benzene ring substituents is 2. The third-order valence-corrected chi connectivity index (χ3v) is 3.85. The Kier molecular flexibility index (Phi) is 3.64. The number of carbonyl (C=O) groups is 2. The number of nitro groups is 2. The van der Waals surface area contributed by atoms with E-state index >= 15 is 0 Å². The van der Waals surface area contributed by atoms with Crippen LogP contribution in [0.5, 0.6) is 0 Å². The molecule has 0 aromatic heterocycles. The van der Waals surface area contributed by atoms with E-state index in [-0.39, 0.29) is 22.5 Å². The Morgan fingerprint density at radius 2 is 1.32 bits per heavy atom. The SMILES string of the molecule is O=C1NC(=O)C(c2cccc([N+](=O)[O-])c2)(c2cccc([N+](=O)[O-])c2)N1. The molecule has 2 aromatic rings. The molecular formula is C15H10N4O6. The van der Waals surface area contributed by atoms with Crippen LogP contribution in [-0.4, -0.2) is 21.8 Å². The Morgan fingerprint density at radius 1 is 0.840 bits per heavy atom. The van der Waals surface area contributed by atoms with Gasteiger partial charge in [-0.15, -0.1) is 0 Å². The number of nitrogens with zero attached hydrogens (tertiary/aromatic N) is 2. The minimum absolute atomic E-state index is 0.116. The van der Waals surface area contributed by atoms with Gasteiger partial charge in [-0.2, -0.15) is 0 Å². The molecule has 1 saturated heterocycles. The Bertz CT molecular complexity index is 868. The highest BCUT2D eigenvalue weighted by Gasteiger charge is 2.50. The summed E-state index contributed by atoms with van der Waals surface area (Å²) in [7, 11) is 0. The molecule has 1 heterocycles. The third-order valence-electron chi connectivity index (χ3n) is 3.85. The maximum absolute atomic E-state index is 12.5. The molecule has 1 aliphatic rings. The van der Waals surface area contributed by atoms with Crippen molar-refractivity contribution < 1.29 is 19.4 Å². The highest BCUT2D eigenvalue weighted by atomic mass is 16.6. The number of hydrogen-bond acceptors (Lipinski definition) is 6. The van der Waals surface area contributed by atoms with Crippen LogP contribution in [0.3, 0.4) is 0 Å². The first-order valence-electron chi connectivity index (χ1n) is 6.98. The highest BCUT2D eigenvalue weighted by molar-refractivity contribution is 6.09. The highest BCUT2D eigenvalue weighted by Crippen LogP contribution is 2.35. The second kappa shape index (κ2) is 5.67. The summed E-state index contributed by atoms with van der Waals surface area (Å²) in [6.07, 6.45) is 0. The minimum atomic E-state index is -1.80. The number of rotatable bonds is 4. The third kappa shape index (κ3) is 2.55. The second-order valence-electron chi connectivity index (χ2n) is 5.27. The Morgan fingerprint density at radius 3 is 1.68 bits per heavy atom. The van der Waals surface area contributed by atoms with E-state index in [2.05, 4.69) is 10.6 Å². The fourth-order valence-corrected chi connectivity index (χ4v) is 2.73. The summed E-state index contributed by atoms with van der Waals surface area (Å²) < 4.78 is 0. The summed E-state index contributed by atoms with van der Waals surface area (Å²) in [5.41, 5.74) is -2.13. The fraction of sp³-hybridized carbons (Fsp3) is 0.0667. The van der Waals surface area contributed by atoms with Gasteiger partial charge in [-0.1, -0.05) is 24.3 Å². The predicted molar refractivity (Wildman–Crippen MR) is 83.6 cm³/mol. The summed E-state index contributed by atoms with van der Waals surface area (Å²) in [4.78, 5) is 45.1. The Labute approximate surface area is 139 Å². The summed E-state index contributed by atoms with van der Waals surface area (Å²) in [6, 6.07) is 9.54. The van der Waals surface area contributed by atoms with Crippen LogP contribution in [0.4, 0.5) is 16.2 Å². The van der Waals surface area contributed by atoms with Gasteiger partial charge in [0.1, 0.15) is 0 Å². The van der Waals surface area contributed by atoms with Crippen molar-refractivity contribution in [2.24, 2.45) is 0 Å². The normalized spacial score (nSPS) is 15.4. The molecule has 0 spiro atoms. The van der Waals surface area contributed by atoms with Gasteiger partial charge in [-0.3, -0.25) is 30.3 Å². The molecule has 3 rings (SSSR count). The number of benzene rings is 2. The Balaban J connectivity index is 2.26. The molecule has 10 nitrogen and oxygen atoms in total. The van der Waals surface area contributed by atoms with E-state index < -0.39 is 27.3 Å². The summed E-state index contributed by atoms with van der Waals surface area (Å²) in [6.45, 7) is 0. The van der Waals surface area contributed by atoms with Gasteiger partial charge >= 0.3 is 6.03 Å². The zero-order valence-corrected chi connectivity index (χ0v) is 12.5. The van der Waals surface area contributed by atoms with Crippen LogP contribution in [0, 0.1) is 20.2 Å². The molecule has 0 unspecified atom stereocenters. The van der Waals surface area contributed by atoms with E-state index in [9.17, 15) is 29.8 Å². The molecule has 0 radical (unpaired) electrons. The molecule has 0 atom stereocenters. The van der Waals surface area contributed by atoms with Crippen molar-refractivity contribution >= 4 is 23.3 Å². The molecule has 126 valence electrons. The topological polar surface area (TPSA) is 144 Å². The van der Waals surface area contributed by atoms with Crippen LogP contribution in [0.1, 0.15) is 11.1 Å². The zero-order valence-electron chi connectivity index (χ0n) is 12.5. The standard InChI is InChI=1S/C15H10N4O6/c20-13-15(17-14(21)16-13,9-3-1-5-11(7-9)18(22)23)10-4-2-6-12(8-10)19(24)25/h1-8H,(H2,16,17,20,21). The quantitative estimate of drug-likeness (QED) is 0.490. The zero-order chi connectivity index (χ0) is 18.2. The number of urea groups is 1. The molecule has 1 aliphatic heterocycles. The van der Waals surface area contributed by atoms with E-state index in [4.69, 9.17) is 0 Å². The van der Waals surface area contributed by atoms with Crippen molar-refractivity contribution in [1.29, 1.82) is 0 Å². The van der Waals surface area contributed by atoms with Crippen LogP contribution in [-0.2, 0) is 10.3 Å². The number of amides is 3. The number of imide groups is 1. The van der Waals surface area contributed by atoms with Crippen molar-refractivity contribution in [3.63, 3.8) is 0 Å². The predicted octanol–water partition coefficient (Wildman–Crippen LogP) is 1.59. The minimum Gasteiger partial charge on any atom is -0.316 e. The molecule has 0 bridgehead atoms.